The Kier molecular flexibility index (Phi) is 8.43. The van der Waals surface area contributed by atoms with Gasteiger partial charge in [-0.1, -0.05) is 35.3 Å². The molecular weight excluding hydrogens is 680 g/mol. The normalized spacial score (nSPS) is 14.6. The lowest BCUT2D eigenvalue weighted by molar-refractivity contribution is 0.0697. The summed E-state index contributed by atoms with van der Waals surface area (Å²) in [7, 11) is 1.89. The second kappa shape index (κ2) is 12.5. The van der Waals surface area contributed by atoms with Crippen molar-refractivity contribution in [2.24, 2.45) is 7.05 Å². The van der Waals surface area contributed by atoms with E-state index < -0.39 is 11.8 Å². The molecule has 1 atom stereocenters. The van der Waals surface area contributed by atoms with Crippen LogP contribution in [0.15, 0.2) is 48.7 Å². The van der Waals surface area contributed by atoms with Gasteiger partial charge in [-0.3, -0.25) is 14.2 Å². The Bertz CT molecular complexity index is 2370. The number of aryl methyl sites for hydroxylation is 5. The van der Waals surface area contributed by atoms with Gasteiger partial charge in [0.25, 0.3) is 5.91 Å². The maximum absolute atomic E-state index is 15.1. The predicted octanol–water partition coefficient (Wildman–Crippen LogP) is 8.74. The van der Waals surface area contributed by atoms with Gasteiger partial charge >= 0.3 is 5.97 Å². The van der Waals surface area contributed by atoms with Crippen LogP contribution in [0.2, 0.25) is 10.0 Å². The lowest BCUT2D eigenvalue weighted by Gasteiger charge is -2.35. The van der Waals surface area contributed by atoms with Crippen molar-refractivity contribution in [2.45, 2.75) is 53.5 Å². The van der Waals surface area contributed by atoms with Crippen LogP contribution in [-0.2, 0) is 13.5 Å². The van der Waals surface area contributed by atoms with Crippen molar-refractivity contribution in [2.75, 3.05) is 18.2 Å². The van der Waals surface area contributed by atoms with E-state index in [1.54, 1.807) is 6.07 Å². The number of aromatic nitrogens is 4. The van der Waals surface area contributed by atoms with Crippen molar-refractivity contribution in [3.63, 3.8) is 0 Å². The first-order valence-electron chi connectivity index (χ1n) is 16.4. The van der Waals surface area contributed by atoms with E-state index >= 15 is 4.39 Å². The molecule has 0 saturated carbocycles. The predicted molar refractivity (Wildman–Crippen MR) is 194 cm³/mol. The van der Waals surface area contributed by atoms with E-state index in [2.05, 4.69) is 9.67 Å². The summed E-state index contributed by atoms with van der Waals surface area (Å²) in [5, 5.41) is 18.2. The third-order valence-electron chi connectivity index (χ3n) is 9.79. The van der Waals surface area contributed by atoms with Crippen molar-refractivity contribution in [3.05, 3.63) is 104 Å². The molecule has 12 heteroatoms. The number of ether oxygens (including phenoxy) is 1. The zero-order valence-corrected chi connectivity index (χ0v) is 30.1. The highest BCUT2D eigenvalue weighted by Gasteiger charge is 2.38. The number of carbonyl (C=O) groups excluding carboxylic acids is 1. The molecule has 4 heterocycles. The number of halogens is 3. The average molecular weight is 717 g/mol. The zero-order chi connectivity index (χ0) is 35.8. The number of carboxylic acids is 1. The van der Waals surface area contributed by atoms with Crippen LogP contribution in [0, 0.1) is 33.5 Å². The molecule has 258 valence electrons. The molecule has 6 aromatic rings. The Morgan fingerprint density at radius 1 is 1.08 bits per heavy atom. The molecule has 0 aliphatic carbocycles. The Morgan fingerprint density at radius 3 is 2.46 bits per heavy atom. The largest absolute Gasteiger partial charge is 0.494 e. The fourth-order valence-electron chi connectivity index (χ4n) is 7.48. The number of hydrogen-bond donors (Lipinski definition) is 1. The minimum absolute atomic E-state index is 0.0480. The SMILES string of the molecule is Cc1cc(OCCCc2c3n(c4c(-c5c(C)nn(C)c5C)c(Cl)ccc24)[C@H](C)CN(n2cc(C(=O)O)c4c(F)cccc42)C3=O)cc(C)c1Cl. The number of benzene rings is 3. The van der Waals surface area contributed by atoms with Gasteiger partial charge in [0.1, 0.15) is 17.3 Å². The second-order valence-electron chi connectivity index (χ2n) is 13.1. The van der Waals surface area contributed by atoms with Crippen molar-refractivity contribution in [1.29, 1.82) is 0 Å². The Balaban J connectivity index is 1.39. The molecule has 7 rings (SSSR count). The van der Waals surface area contributed by atoms with E-state index in [0.717, 1.165) is 55.9 Å². The van der Waals surface area contributed by atoms with Crippen molar-refractivity contribution in [3.8, 4) is 16.9 Å². The molecule has 0 radical (unpaired) electrons. The molecule has 1 amide bonds. The van der Waals surface area contributed by atoms with E-state index in [0.29, 0.717) is 40.7 Å². The van der Waals surface area contributed by atoms with E-state index in [1.165, 1.54) is 28.0 Å². The lowest BCUT2D eigenvalue weighted by Crippen LogP contribution is -2.48. The van der Waals surface area contributed by atoms with Crippen LogP contribution in [-0.4, -0.2) is 49.2 Å². The molecule has 3 aromatic carbocycles. The summed E-state index contributed by atoms with van der Waals surface area (Å²) in [6, 6.07) is 11.7. The summed E-state index contributed by atoms with van der Waals surface area (Å²) in [6.45, 7) is 10.4. The van der Waals surface area contributed by atoms with Crippen LogP contribution in [0.5, 0.6) is 5.75 Å². The van der Waals surface area contributed by atoms with Crippen LogP contribution in [0.1, 0.15) is 68.3 Å². The van der Waals surface area contributed by atoms with Gasteiger partial charge in [-0.05, 0) is 94.5 Å². The molecule has 3 aromatic heterocycles. The number of aromatic carboxylic acids is 1. The highest BCUT2D eigenvalue weighted by molar-refractivity contribution is 6.35. The molecule has 0 saturated heterocycles. The van der Waals surface area contributed by atoms with Gasteiger partial charge in [-0.15, -0.1) is 0 Å². The van der Waals surface area contributed by atoms with E-state index in [-0.39, 0.29) is 29.4 Å². The van der Waals surface area contributed by atoms with Crippen molar-refractivity contribution >= 4 is 56.9 Å². The number of carbonyl (C=O) groups is 2. The topological polar surface area (TPSA) is 94.5 Å². The Morgan fingerprint density at radius 2 is 1.80 bits per heavy atom. The molecule has 1 aliphatic rings. The molecule has 0 spiro atoms. The molecule has 50 heavy (non-hydrogen) atoms. The van der Waals surface area contributed by atoms with E-state index in [1.807, 2.05) is 70.6 Å². The fourth-order valence-corrected chi connectivity index (χ4v) is 7.84. The number of amides is 1. The van der Waals surface area contributed by atoms with Gasteiger partial charge < -0.3 is 14.4 Å². The van der Waals surface area contributed by atoms with E-state index in [4.69, 9.17) is 27.9 Å². The number of carboxylic acid groups (broad SMARTS) is 1. The number of fused-ring (bicyclic) bond motifs is 4. The first kappa shape index (κ1) is 33.7. The summed E-state index contributed by atoms with van der Waals surface area (Å²) < 4.78 is 26.6. The van der Waals surface area contributed by atoms with Crippen LogP contribution in [0.4, 0.5) is 4.39 Å². The highest BCUT2D eigenvalue weighted by atomic mass is 35.5. The first-order chi connectivity index (χ1) is 23.8. The van der Waals surface area contributed by atoms with Crippen LogP contribution in [0.25, 0.3) is 32.9 Å². The average Bonchev–Trinajstić information content (AvgIpc) is 3.70. The van der Waals surface area contributed by atoms with Gasteiger partial charge in [-0.2, -0.15) is 5.10 Å². The second-order valence-corrected chi connectivity index (χ2v) is 13.9. The summed E-state index contributed by atoms with van der Waals surface area (Å²) in [4.78, 5) is 27.1. The third-order valence-corrected chi connectivity index (χ3v) is 10.7. The van der Waals surface area contributed by atoms with Gasteiger partial charge in [0.15, 0.2) is 0 Å². The summed E-state index contributed by atoms with van der Waals surface area (Å²) in [5.74, 6) is -1.56. The Labute approximate surface area is 298 Å². The highest BCUT2D eigenvalue weighted by Crippen LogP contribution is 2.44. The maximum atomic E-state index is 15.1. The third kappa shape index (κ3) is 5.24. The molecule has 0 fully saturated rings. The summed E-state index contributed by atoms with van der Waals surface area (Å²) in [6.07, 6.45) is 2.43. The smallest absolute Gasteiger partial charge is 0.338 e. The maximum Gasteiger partial charge on any atom is 0.338 e. The number of nitrogens with zero attached hydrogens (tertiary/aromatic N) is 5. The van der Waals surface area contributed by atoms with Gasteiger partial charge in [0.05, 0.1) is 51.9 Å². The fraction of sp³-hybridized carbons (Fsp3) is 0.289. The minimum atomic E-state index is -1.28. The quantitative estimate of drug-likeness (QED) is 0.159. The minimum Gasteiger partial charge on any atom is -0.494 e. The molecule has 1 N–H and O–H groups in total. The molecule has 0 bridgehead atoms. The first-order valence-corrected chi connectivity index (χ1v) is 17.2. The Hall–Kier alpha value is -4.80. The zero-order valence-electron chi connectivity index (χ0n) is 28.6. The van der Waals surface area contributed by atoms with Gasteiger partial charge in [-0.25, -0.2) is 14.2 Å². The van der Waals surface area contributed by atoms with Gasteiger partial charge in [0.2, 0.25) is 0 Å². The monoisotopic (exact) mass is 715 g/mol. The molecule has 9 nitrogen and oxygen atoms in total. The standard InChI is InChI=1S/C38H36Cl2FN5O4/c1-19-15-24(16-20(2)34(19)40)50-14-8-9-25-26-12-13-28(39)33(31-22(4)42-43(6)23(31)5)35(26)46-21(3)17-45(37(47)36(25)46)44-18-27(38(48)49)32-29(41)10-7-11-30(32)44/h7,10-13,15-16,18,21H,8-9,14,17H2,1-6H3,(H,48,49)/t21-/m1/s1. The van der Waals surface area contributed by atoms with Gasteiger partial charge in [0, 0.05) is 40.5 Å². The van der Waals surface area contributed by atoms with E-state index in [9.17, 15) is 14.7 Å². The summed E-state index contributed by atoms with van der Waals surface area (Å²) >= 11 is 13.4. The van der Waals surface area contributed by atoms with Crippen molar-refractivity contribution < 1.29 is 23.8 Å². The molecule has 0 unspecified atom stereocenters. The molecular formula is C38H36Cl2FN5O4. The molecule has 1 aliphatic heterocycles. The van der Waals surface area contributed by atoms with Crippen LogP contribution >= 0.6 is 23.2 Å². The summed E-state index contributed by atoms with van der Waals surface area (Å²) in [5.41, 5.74) is 7.54. The van der Waals surface area contributed by atoms with Crippen LogP contribution < -0.4 is 9.75 Å². The number of hydrogen-bond acceptors (Lipinski definition) is 4. The lowest BCUT2D eigenvalue weighted by atomic mass is 9.98. The number of rotatable bonds is 8. The van der Waals surface area contributed by atoms with Crippen molar-refractivity contribution in [1.82, 2.24) is 19.0 Å². The van der Waals surface area contributed by atoms with Crippen LogP contribution in [0.3, 0.4) is 0 Å².